The molecule has 2 amide bonds. The molecule has 166 valence electrons. The van der Waals surface area contributed by atoms with Gasteiger partial charge in [0.15, 0.2) is 5.78 Å². The van der Waals surface area contributed by atoms with Crippen LogP contribution in [0, 0.1) is 5.92 Å². The molecule has 0 saturated heterocycles. The molecule has 2 aromatic rings. The van der Waals surface area contributed by atoms with Gasteiger partial charge in [0.1, 0.15) is 5.54 Å². The summed E-state index contributed by atoms with van der Waals surface area (Å²) in [6.07, 6.45) is 10.9. The Balaban J connectivity index is 1.88. The number of benzene rings is 2. The van der Waals surface area contributed by atoms with Crippen molar-refractivity contribution >= 4 is 17.6 Å². The third-order valence-electron chi connectivity index (χ3n) is 5.82. The van der Waals surface area contributed by atoms with Crippen LogP contribution in [0.5, 0.6) is 0 Å². The number of rotatable bonds is 11. The van der Waals surface area contributed by atoms with Gasteiger partial charge in [-0.3, -0.25) is 14.4 Å². The quantitative estimate of drug-likeness (QED) is 0.524. The van der Waals surface area contributed by atoms with E-state index in [1.165, 1.54) is 0 Å². The monoisotopic (exact) mass is 430 g/mol. The molecule has 1 unspecified atom stereocenters. The Morgan fingerprint density at radius 3 is 1.91 bits per heavy atom. The molecule has 1 aliphatic rings. The summed E-state index contributed by atoms with van der Waals surface area (Å²) in [6, 6.07) is 19.3. The predicted molar refractivity (Wildman–Crippen MR) is 125 cm³/mol. The standard InChI is InChI=1S/C27H30N2O3/c28-25(31)19-9-1-2-10-20-26(32)29-27(21-13-5-3-6-14-21,22-15-7-4-8-16-22)23-17-11-12-18-24(23)30/h3-8,11-18,23H,1-2,9-10,19-20H2,(H2,28,31)(H,29,32). The van der Waals surface area contributed by atoms with Crippen molar-refractivity contribution in [2.24, 2.45) is 11.7 Å². The largest absolute Gasteiger partial charge is 0.370 e. The van der Waals surface area contributed by atoms with Gasteiger partial charge in [-0.1, -0.05) is 91.7 Å². The van der Waals surface area contributed by atoms with E-state index in [-0.39, 0.29) is 17.6 Å². The third kappa shape index (κ3) is 5.61. The minimum absolute atomic E-state index is 0.0491. The molecule has 0 bridgehead atoms. The maximum Gasteiger partial charge on any atom is 0.220 e. The molecule has 3 rings (SSSR count). The Bertz CT molecular complexity index is 941. The molecule has 5 heteroatoms. The lowest BCUT2D eigenvalue weighted by atomic mass is 9.70. The van der Waals surface area contributed by atoms with Gasteiger partial charge in [-0.25, -0.2) is 0 Å². The Hall–Kier alpha value is -3.47. The fourth-order valence-electron chi connectivity index (χ4n) is 4.25. The normalized spacial score (nSPS) is 15.5. The van der Waals surface area contributed by atoms with Crippen LogP contribution in [0.1, 0.15) is 49.7 Å². The van der Waals surface area contributed by atoms with Crippen LogP contribution in [0.25, 0.3) is 0 Å². The van der Waals surface area contributed by atoms with Gasteiger partial charge in [-0.05, 0) is 30.0 Å². The van der Waals surface area contributed by atoms with E-state index < -0.39 is 11.5 Å². The molecule has 0 spiro atoms. The molecule has 0 aromatic heterocycles. The fourth-order valence-corrected chi connectivity index (χ4v) is 4.25. The molecule has 32 heavy (non-hydrogen) atoms. The molecule has 0 radical (unpaired) electrons. The summed E-state index contributed by atoms with van der Waals surface area (Å²) in [5, 5.41) is 3.25. The number of hydrogen-bond donors (Lipinski definition) is 2. The Labute approximate surface area is 189 Å². The molecule has 0 heterocycles. The maximum absolute atomic E-state index is 13.2. The summed E-state index contributed by atoms with van der Waals surface area (Å²) in [6.45, 7) is 0. The van der Waals surface area contributed by atoms with Crippen molar-refractivity contribution in [2.75, 3.05) is 0 Å². The van der Waals surface area contributed by atoms with Gasteiger partial charge in [0.05, 0.1) is 5.92 Å². The first kappa shape index (κ1) is 23.2. The van der Waals surface area contributed by atoms with Crippen LogP contribution in [0.3, 0.4) is 0 Å². The van der Waals surface area contributed by atoms with Crippen molar-refractivity contribution in [3.05, 3.63) is 96.1 Å². The van der Waals surface area contributed by atoms with Crippen LogP contribution in [-0.2, 0) is 19.9 Å². The predicted octanol–water partition coefficient (Wildman–Crippen LogP) is 4.18. The molecular formula is C27H30N2O3. The Morgan fingerprint density at radius 2 is 1.38 bits per heavy atom. The highest BCUT2D eigenvalue weighted by atomic mass is 16.2. The average Bonchev–Trinajstić information content (AvgIpc) is 2.81. The summed E-state index contributed by atoms with van der Waals surface area (Å²) in [7, 11) is 0. The van der Waals surface area contributed by atoms with Crippen LogP contribution in [-0.4, -0.2) is 17.6 Å². The number of nitrogens with two attached hydrogens (primary N) is 1. The zero-order valence-electron chi connectivity index (χ0n) is 18.2. The highest BCUT2D eigenvalue weighted by Crippen LogP contribution is 2.39. The van der Waals surface area contributed by atoms with Gasteiger partial charge < -0.3 is 11.1 Å². The number of carbonyl (C=O) groups is 3. The lowest BCUT2D eigenvalue weighted by molar-refractivity contribution is -0.125. The van der Waals surface area contributed by atoms with Crippen molar-refractivity contribution in [1.82, 2.24) is 5.32 Å². The SMILES string of the molecule is NC(=O)CCCCCCC(=O)NC(c1ccccc1)(c1ccccc1)C1C=CC=CC1=O. The molecule has 1 atom stereocenters. The number of primary amides is 1. The Morgan fingerprint density at radius 1 is 0.812 bits per heavy atom. The minimum Gasteiger partial charge on any atom is -0.370 e. The number of carbonyl (C=O) groups excluding carboxylic acids is 3. The van der Waals surface area contributed by atoms with Crippen molar-refractivity contribution in [3.63, 3.8) is 0 Å². The third-order valence-corrected chi connectivity index (χ3v) is 5.82. The van der Waals surface area contributed by atoms with Crippen LogP contribution >= 0.6 is 0 Å². The van der Waals surface area contributed by atoms with E-state index in [0.717, 1.165) is 30.4 Å². The van der Waals surface area contributed by atoms with Gasteiger partial charge in [0, 0.05) is 12.8 Å². The number of allylic oxidation sites excluding steroid dienone is 3. The second-order valence-corrected chi connectivity index (χ2v) is 8.09. The maximum atomic E-state index is 13.2. The van der Waals surface area contributed by atoms with E-state index >= 15 is 0 Å². The zero-order chi connectivity index (χ0) is 22.8. The van der Waals surface area contributed by atoms with Gasteiger partial charge in [0.25, 0.3) is 0 Å². The lowest BCUT2D eigenvalue weighted by Gasteiger charge is -2.41. The second-order valence-electron chi connectivity index (χ2n) is 8.09. The molecular weight excluding hydrogens is 400 g/mol. The number of nitrogens with one attached hydrogen (secondary N) is 1. The topological polar surface area (TPSA) is 89.3 Å². The summed E-state index contributed by atoms with van der Waals surface area (Å²) < 4.78 is 0. The number of ketones is 1. The van der Waals surface area contributed by atoms with E-state index in [9.17, 15) is 14.4 Å². The van der Waals surface area contributed by atoms with Crippen LogP contribution in [0.15, 0.2) is 85.0 Å². The summed E-state index contributed by atoms with van der Waals surface area (Å²) in [5.74, 6) is -1.01. The van der Waals surface area contributed by atoms with E-state index in [1.54, 1.807) is 12.2 Å². The van der Waals surface area contributed by atoms with Crippen LogP contribution in [0.4, 0.5) is 0 Å². The van der Waals surface area contributed by atoms with E-state index in [2.05, 4.69) is 5.32 Å². The highest BCUT2D eigenvalue weighted by molar-refractivity contribution is 5.97. The van der Waals surface area contributed by atoms with Gasteiger partial charge in [0.2, 0.25) is 11.8 Å². The van der Waals surface area contributed by atoms with Crippen molar-refractivity contribution in [2.45, 2.75) is 44.1 Å². The molecule has 5 nitrogen and oxygen atoms in total. The zero-order valence-corrected chi connectivity index (χ0v) is 18.2. The molecule has 0 saturated carbocycles. The lowest BCUT2D eigenvalue weighted by Crippen LogP contribution is -2.54. The summed E-state index contributed by atoms with van der Waals surface area (Å²) in [5.41, 5.74) is 5.89. The van der Waals surface area contributed by atoms with E-state index in [1.807, 2.05) is 72.8 Å². The fraction of sp³-hybridized carbons (Fsp3) is 0.296. The first-order chi connectivity index (χ1) is 15.5. The molecule has 1 aliphatic carbocycles. The van der Waals surface area contributed by atoms with E-state index in [0.29, 0.717) is 19.3 Å². The first-order valence-corrected chi connectivity index (χ1v) is 11.1. The minimum atomic E-state index is -1.01. The number of hydrogen-bond acceptors (Lipinski definition) is 3. The molecule has 2 aromatic carbocycles. The highest BCUT2D eigenvalue weighted by Gasteiger charge is 2.45. The Kier molecular flexibility index (Phi) is 8.14. The summed E-state index contributed by atoms with van der Waals surface area (Å²) in [4.78, 5) is 37.0. The second kappa shape index (κ2) is 11.2. The first-order valence-electron chi connectivity index (χ1n) is 11.1. The van der Waals surface area contributed by atoms with Crippen molar-refractivity contribution < 1.29 is 14.4 Å². The van der Waals surface area contributed by atoms with Crippen LogP contribution < -0.4 is 11.1 Å². The summed E-state index contributed by atoms with van der Waals surface area (Å²) >= 11 is 0. The average molecular weight is 431 g/mol. The van der Waals surface area contributed by atoms with Crippen molar-refractivity contribution in [1.29, 1.82) is 0 Å². The van der Waals surface area contributed by atoms with E-state index in [4.69, 9.17) is 5.73 Å². The number of amides is 2. The number of unbranched alkanes of at least 4 members (excludes halogenated alkanes) is 3. The van der Waals surface area contributed by atoms with Crippen molar-refractivity contribution in [3.8, 4) is 0 Å². The smallest absolute Gasteiger partial charge is 0.220 e. The molecule has 3 N–H and O–H groups in total. The molecule has 0 fully saturated rings. The van der Waals surface area contributed by atoms with Gasteiger partial charge >= 0.3 is 0 Å². The van der Waals surface area contributed by atoms with Crippen LogP contribution in [0.2, 0.25) is 0 Å². The molecule has 0 aliphatic heterocycles. The van der Waals surface area contributed by atoms with Gasteiger partial charge in [-0.2, -0.15) is 0 Å². The van der Waals surface area contributed by atoms with Gasteiger partial charge in [-0.15, -0.1) is 0 Å².